The molecule has 0 aliphatic carbocycles. The van der Waals surface area contributed by atoms with E-state index >= 15 is 0 Å². The lowest BCUT2D eigenvalue weighted by atomic mass is 10.1. The normalized spacial score (nSPS) is 23.5. The van der Waals surface area contributed by atoms with Gasteiger partial charge in [-0.3, -0.25) is 4.79 Å². The molecule has 2 saturated heterocycles. The highest BCUT2D eigenvalue weighted by atomic mass is 32.2. The number of hydrogen-bond acceptors (Lipinski definition) is 6. The quantitative estimate of drug-likeness (QED) is 0.769. The van der Waals surface area contributed by atoms with E-state index in [0.29, 0.717) is 37.4 Å². The predicted octanol–water partition coefficient (Wildman–Crippen LogP) is 0.427. The highest BCUT2D eigenvalue weighted by Crippen LogP contribution is 2.23. The third-order valence-electron chi connectivity index (χ3n) is 4.60. The number of rotatable bonds is 2. The standard InChI is InChI=1S/C16H20N4O3S/c17-11-13-3-1-5-18-15(13)19-6-2-7-20(9-8-19)16(21)14-4-10-24(22,23)12-14/h1,3,5,14H,2,4,6-10,12H2. The first-order valence-corrected chi connectivity index (χ1v) is 9.91. The van der Waals surface area contributed by atoms with Gasteiger partial charge in [-0.25, -0.2) is 13.4 Å². The van der Waals surface area contributed by atoms with Gasteiger partial charge in [0.1, 0.15) is 11.9 Å². The van der Waals surface area contributed by atoms with Gasteiger partial charge in [0.25, 0.3) is 0 Å². The van der Waals surface area contributed by atoms with Crippen LogP contribution in [0.4, 0.5) is 5.82 Å². The Morgan fingerprint density at radius 3 is 2.83 bits per heavy atom. The minimum absolute atomic E-state index is 0.0229. The number of pyridine rings is 1. The summed E-state index contributed by atoms with van der Waals surface area (Å²) in [5.74, 6) is 0.288. The minimum atomic E-state index is -3.05. The Bertz CT molecular complexity index is 772. The van der Waals surface area contributed by atoms with Gasteiger partial charge in [-0.1, -0.05) is 0 Å². The highest BCUT2D eigenvalue weighted by Gasteiger charge is 2.35. The summed E-state index contributed by atoms with van der Waals surface area (Å²) in [6.45, 7) is 2.45. The summed E-state index contributed by atoms with van der Waals surface area (Å²) in [5.41, 5.74) is 0.527. The van der Waals surface area contributed by atoms with Crippen molar-refractivity contribution in [3.05, 3.63) is 23.9 Å². The second-order valence-electron chi connectivity index (χ2n) is 6.25. The Hall–Kier alpha value is -2.14. The summed E-state index contributed by atoms with van der Waals surface area (Å²) in [6.07, 6.45) is 2.86. The van der Waals surface area contributed by atoms with Gasteiger partial charge in [-0.2, -0.15) is 5.26 Å². The van der Waals surface area contributed by atoms with Crippen LogP contribution in [0.3, 0.4) is 0 Å². The lowest BCUT2D eigenvalue weighted by Crippen LogP contribution is -2.39. The third-order valence-corrected chi connectivity index (χ3v) is 6.36. The summed E-state index contributed by atoms with van der Waals surface area (Å²) in [7, 11) is -3.05. The molecule has 3 rings (SSSR count). The first-order chi connectivity index (χ1) is 11.5. The Kier molecular flexibility index (Phi) is 4.71. The number of anilines is 1. The maximum absolute atomic E-state index is 12.6. The van der Waals surface area contributed by atoms with Gasteiger partial charge in [-0.15, -0.1) is 0 Å². The molecule has 0 N–H and O–H groups in total. The molecule has 2 fully saturated rings. The maximum atomic E-state index is 12.6. The molecule has 0 saturated carbocycles. The fourth-order valence-electron chi connectivity index (χ4n) is 3.33. The average Bonchev–Trinajstić information content (AvgIpc) is 2.80. The number of carbonyl (C=O) groups is 1. The summed E-state index contributed by atoms with van der Waals surface area (Å²) in [5, 5.41) is 9.21. The molecular weight excluding hydrogens is 328 g/mol. The SMILES string of the molecule is N#Cc1cccnc1N1CCCN(C(=O)C2CCS(=O)(=O)C2)CC1. The van der Waals surface area contributed by atoms with Crippen LogP contribution in [-0.2, 0) is 14.6 Å². The van der Waals surface area contributed by atoms with Crippen LogP contribution in [0.15, 0.2) is 18.3 Å². The molecule has 1 aromatic rings. The molecule has 1 amide bonds. The minimum Gasteiger partial charge on any atom is -0.354 e. The number of carbonyl (C=O) groups excluding carboxylic acids is 1. The van der Waals surface area contributed by atoms with Gasteiger partial charge in [0.15, 0.2) is 9.84 Å². The van der Waals surface area contributed by atoms with Gasteiger partial charge in [-0.05, 0) is 25.0 Å². The van der Waals surface area contributed by atoms with Crippen LogP contribution < -0.4 is 4.90 Å². The van der Waals surface area contributed by atoms with Crippen molar-refractivity contribution < 1.29 is 13.2 Å². The third kappa shape index (κ3) is 3.51. The fourth-order valence-corrected chi connectivity index (χ4v) is 5.07. The van der Waals surface area contributed by atoms with Crippen molar-refractivity contribution in [3.8, 4) is 6.07 Å². The zero-order valence-corrected chi connectivity index (χ0v) is 14.2. The van der Waals surface area contributed by atoms with Crippen molar-refractivity contribution in [2.45, 2.75) is 12.8 Å². The molecular formula is C16H20N4O3S. The highest BCUT2D eigenvalue weighted by molar-refractivity contribution is 7.91. The van der Waals surface area contributed by atoms with Crippen LogP contribution in [-0.4, -0.2) is 61.9 Å². The molecule has 128 valence electrons. The van der Waals surface area contributed by atoms with Crippen LogP contribution in [0.2, 0.25) is 0 Å². The summed E-state index contributed by atoms with van der Waals surface area (Å²) >= 11 is 0. The molecule has 0 aromatic carbocycles. The van der Waals surface area contributed by atoms with Crippen LogP contribution in [0.1, 0.15) is 18.4 Å². The lowest BCUT2D eigenvalue weighted by molar-refractivity contribution is -0.134. The zero-order chi connectivity index (χ0) is 17.2. The average molecular weight is 348 g/mol. The molecule has 1 aromatic heterocycles. The Morgan fingerprint density at radius 2 is 2.12 bits per heavy atom. The molecule has 0 spiro atoms. The Balaban J connectivity index is 1.67. The number of hydrogen-bond donors (Lipinski definition) is 0. The smallest absolute Gasteiger partial charge is 0.226 e. The van der Waals surface area contributed by atoms with E-state index in [1.807, 2.05) is 4.90 Å². The van der Waals surface area contributed by atoms with Crippen LogP contribution in [0.25, 0.3) is 0 Å². The molecule has 1 unspecified atom stereocenters. The van der Waals surface area contributed by atoms with E-state index < -0.39 is 15.8 Å². The molecule has 0 bridgehead atoms. The van der Waals surface area contributed by atoms with Crippen LogP contribution >= 0.6 is 0 Å². The zero-order valence-electron chi connectivity index (χ0n) is 13.4. The topological polar surface area (TPSA) is 94.4 Å². The van der Waals surface area contributed by atoms with Crippen molar-refractivity contribution in [3.63, 3.8) is 0 Å². The first kappa shape index (κ1) is 16.7. The van der Waals surface area contributed by atoms with Gasteiger partial charge in [0, 0.05) is 32.4 Å². The van der Waals surface area contributed by atoms with Gasteiger partial charge >= 0.3 is 0 Å². The molecule has 1 atom stereocenters. The predicted molar refractivity (Wildman–Crippen MR) is 89.1 cm³/mol. The number of amides is 1. The van der Waals surface area contributed by atoms with Crippen LogP contribution in [0, 0.1) is 17.2 Å². The molecule has 2 aliphatic rings. The molecule has 2 aliphatic heterocycles. The number of nitriles is 1. The van der Waals surface area contributed by atoms with Crippen LogP contribution in [0.5, 0.6) is 0 Å². The fraction of sp³-hybridized carbons (Fsp3) is 0.562. The van der Waals surface area contributed by atoms with Crippen molar-refractivity contribution in [2.75, 3.05) is 42.6 Å². The van der Waals surface area contributed by atoms with E-state index in [4.69, 9.17) is 0 Å². The second-order valence-corrected chi connectivity index (χ2v) is 8.48. The van der Waals surface area contributed by atoms with Gasteiger partial charge in [0.05, 0.1) is 23.0 Å². The van der Waals surface area contributed by atoms with Gasteiger partial charge < -0.3 is 9.80 Å². The summed E-state index contributed by atoms with van der Waals surface area (Å²) in [4.78, 5) is 20.7. The molecule has 8 heteroatoms. The molecule has 0 radical (unpaired) electrons. The summed E-state index contributed by atoms with van der Waals surface area (Å²) in [6, 6.07) is 5.62. The van der Waals surface area contributed by atoms with E-state index in [-0.39, 0.29) is 17.4 Å². The Labute approximate surface area is 141 Å². The van der Waals surface area contributed by atoms with Crippen molar-refractivity contribution >= 4 is 21.6 Å². The van der Waals surface area contributed by atoms with Crippen molar-refractivity contribution in [1.29, 1.82) is 5.26 Å². The molecule has 24 heavy (non-hydrogen) atoms. The Morgan fingerprint density at radius 1 is 1.29 bits per heavy atom. The lowest BCUT2D eigenvalue weighted by Gasteiger charge is -2.24. The monoisotopic (exact) mass is 348 g/mol. The summed E-state index contributed by atoms with van der Waals surface area (Å²) < 4.78 is 23.2. The first-order valence-electron chi connectivity index (χ1n) is 8.09. The largest absolute Gasteiger partial charge is 0.354 e. The number of nitrogens with zero attached hydrogens (tertiary/aromatic N) is 4. The number of aromatic nitrogens is 1. The van der Waals surface area contributed by atoms with E-state index in [1.54, 1.807) is 23.2 Å². The van der Waals surface area contributed by atoms with E-state index in [2.05, 4.69) is 11.1 Å². The van der Waals surface area contributed by atoms with E-state index in [0.717, 1.165) is 13.0 Å². The molecule has 3 heterocycles. The van der Waals surface area contributed by atoms with Crippen molar-refractivity contribution in [2.24, 2.45) is 5.92 Å². The second kappa shape index (κ2) is 6.77. The van der Waals surface area contributed by atoms with Crippen molar-refractivity contribution in [1.82, 2.24) is 9.88 Å². The number of sulfone groups is 1. The van der Waals surface area contributed by atoms with E-state index in [1.165, 1.54) is 0 Å². The van der Waals surface area contributed by atoms with Gasteiger partial charge in [0.2, 0.25) is 5.91 Å². The maximum Gasteiger partial charge on any atom is 0.226 e. The van der Waals surface area contributed by atoms with E-state index in [9.17, 15) is 18.5 Å². The molecule has 7 nitrogen and oxygen atoms in total.